The van der Waals surface area contributed by atoms with Gasteiger partial charge in [-0.3, -0.25) is 10.1 Å². The van der Waals surface area contributed by atoms with Crippen molar-refractivity contribution in [2.75, 3.05) is 14.2 Å². The van der Waals surface area contributed by atoms with Gasteiger partial charge in [0.25, 0.3) is 0 Å². The van der Waals surface area contributed by atoms with Crippen LogP contribution >= 0.6 is 0 Å². The second-order valence-corrected chi connectivity index (χ2v) is 6.61. The molecule has 3 aromatic rings. The van der Waals surface area contributed by atoms with Crippen molar-refractivity contribution in [2.45, 2.75) is 13.2 Å². The van der Waals surface area contributed by atoms with Crippen molar-refractivity contribution in [1.82, 2.24) is 0 Å². The summed E-state index contributed by atoms with van der Waals surface area (Å²) in [7, 11) is 3.23. The number of hydrogen-bond donors (Lipinski definition) is 0. The van der Waals surface area contributed by atoms with Crippen LogP contribution in [-0.2, 0) is 13.2 Å². The third-order valence-corrected chi connectivity index (χ3v) is 4.42. The van der Waals surface area contributed by atoms with E-state index in [-0.39, 0.29) is 0 Å². The van der Waals surface area contributed by atoms with Crippen molar-refractivity contribution in [3.8, 4) is 23.0 Å². The molecular weight excluding hydrogens is 398 g/mol. The fraction of sp³-hybridized carbons (Fsp3) is 0.167. The van der Waals surface area contributed by atoms with Crippen molar-refractivity contribution in [2.24, 2.45) is 0 Å². The lowest BCUT2D eigenvalue weighted by atomic mass is 10.2. The highest BCUT2D eigenvalue weighted by Crippen LogP contribution is 2.26. The van der Waals surface area contributed by atoms with E-state index in [0.717, 1.165) is 28.8 Å². The number of ether oxygens (including phenoxy) is 4. The van der Waals surface area contributed by atoms with Gasteiger partial charge in [-0.05, 0) is 53.1 Å². The van der Waals surface area contributed by atoms with Crippen LogP contribution in [-0.4, -0.2) is 19.1 Å². The summed E-state index contributed by atoms with van der Waals surface area (Å²) < 4.78 is 22.1. The van der Waals surface area contributed by atoms with E-state index in [9.17, 15) is 10.1 Å². The van der Waals surface area contributed by atoms with E-state index in [4.69, 9.17) is 18.9 Å². The Bertz CT molecular complexity index is 959. The Morgan fingerprint density at radius 2 is 1.19 bits per heavy atom. The van der Waals surface area contributed by atoms with Crippen LogP contribution in [0.25, 0.3) is 6.08 Å². The molecule has 0 aromatic heterocycles. The summed E-state index contributed by atoms with van der Waals surface area (Å²) in [5.74, 6) is 2.63. The first-order chi connectivity index (χ1) is 15.1. The standard InChI is InChI=1S/C24H23NO6/c1-28-21-7-3-18(4-8-21)16-30-23-13-20(11-12-25(26)27)14-24(15-23)31-17-19-5-9-22(29-2)10-6-19/h3-15H,16-17H2,1-2H3/b12-11+. The zero-order valence-electron chi connectivity index (χ0n) is 17.3. The number of nitro groups is 1. The van der Waals surface area contributed by atoms with E-state index < -0.39 is 4.92 Å². The van der Waals surface area contributed by atoms with Crippen molar-refractivity contribution in [1.29, 1.82) is 0 Å². The van der Waals surface area contributed by atoms with Crippen LogP contribution in [0.15, 0.2) is 72.9 Å². The summed E-state index contributed by atoms with van der Waals surface area (Å²) in [5, 5.41) is 10.7. The maximum Gasteiger partial charge on any atom is 0.235 e. The Morgan fingerprint density at radius 3 is 1.58 bits per heavy atom. The molecule has 0 aliphatic carbocycles. The molecule has 0 aliphatic rings. The highest BCUT2D eigenvalue weighted by molar-refractivity contribution is 5.54. The van der Waals surface area contributed by atoms with Gasteiger partial charge in [-0.2, -0.15) is 0 Å². The Morgan fingerprint density at radius 1 is 0.742 bits per heavy atom. The highest BCUT2D eigenvalue weighted by Gasteiger charge is 2.05. The smallest absolute Gasteiger partial charge is 0.235 e. The third kappa shape index (κ3) is 6.78. The van der Waals surface area contributed by atoms with Crippen molar-refractivity contribution >= 4 is 6.08 Å². The Hall–Kier alpha value is -4.00. The van der Waals surface area contributed by atoms with Gasteiger partial charge in [-0.1, -0.05) is 24.3 Å². The molecule has 0 fully saturated rings. The first-order valence-corrected chi connectivity index (χ1v) is 9.54. The van der Waals surface area contributed by atoms with Crippen molar-refractivity contribution in [3.63, 3.8) is 0 Å². The van der Waals surface area contributed by atoms with Crippen molar-refractivity contribution < 1.29 is 23.9 Å². The largest absolute Gasteiger partial charge is 0.497 e. The molecule has 7 nitrogen and oxygen atoms in total. The van der Waals surface area contributed by atoms with Crippen LogP contribution in [0.1, 0.15) is 16.7 Å². The summed E-state index contributed by atoms with van der Waals surface area (Å²) >= 11 is 0. The summed E-state index contributed by atoms with van der Waals surface area (Å²) in [4.78, 5) is 10.2. The number of nitrogens with zero attached hydrogens (tertiary/aromatic N) is 1. The van der Waals surface area contributed by atoms with Crippen LogP contribution in [0.4, 0.5) is 0 Å². The minimum atomic E-state index is -0.511. The SMILES string of the molecule is COc1ccc(COc2cc(/C=C/[N+](=O)[O-])cc(OCc3ccc(OC)cc3)c2)cc1. The summed E-state index contributed by atoms with van der Waals surface area (Å²) in [6.07, 6.45) is 2.29. The average molecular weight is 421 g/mol. The first-order valence-electron chi connectivity index (χ1n) is 9.54. The first kappa shape index (κ1) is 21.7. The second-order valence-electron chi connectivity index (χ2n) is 6.61. The molecule has 160 valence electrons. The molecular formula is C24H23NO6. The molecule has 0 saturated carbocycles. The van der Waals surface area contributed by atoms with E-state index in [2.05, 4.69) is 0 Å². The fourth-order valence-electron chi connectivity index (χ4n) is 2.78. The summed E-state index contributed by atoms with van der Waals surface area (Å²) in [5.41, 5.74) is 2.54. The minimum absolute atomic E-state index is 0.338. The summed E-state index contributed by atoms with van der Waals surface area (Å²) in [6, 6.07) is 20.3. The second kappa shape index (κ2) is 10.7. The molecule has 0 atom stereocenters. The van der Waals surface area contributed by atoms with Gasteiger partial charge in [0.2, 0.25) is 6.20 Å². The van der Waals surface area contributed by atoms with Crippen LogP contribution in [0.2, 0.25) is 0 Å². The van der Waals surface area contributed by atoms with Crippen LogP contribution in [0.3, 0.4) is 0 Å². The predicted molar refractivity (Wildman–Crippen MR) is 117 cm³/mol. The molecule has 31 heavy (non-hydrogen) atoms. The minimum Gasteiger partial charge on any atom is -0.497 e. The van der Waals surface area contributed by atoms with Gasteiger partial charge in [-0.15, -0.1) is 0 Å². The van der Waals surface area contributed by atoms with Crippen LogP contribution < -0.4 is 18.9 Å². The lowest BCUT2D eigenvalue weighted by Crippen LogP contribution is -1.99. The van der Waals surface area contributed by atoms with E-state index in [0.29, 0.717) is 30.3 Å². The van der Waals surface area contributed by atoms with E-state index >= 15 is 0 Å². The molecule has 0 saturated heterocycles. The van der Waals surface area contributed by atoms with Gasteiger partial charge in [0.15, 0.2) is 0 Å². The number of benzene rings is 3. The van der Waals surface area contributed by atoms with E-state index in [1.807, 2.05) is 48.5 Å². The third-order valence-electron chi connectivity index (χ3n) is 4.42. The topological polar surface area (TPSA) is 80.1 Å². The quantitative estimate of drug-likeness (QED) is 0.334. The predicted octanol–water partition coefficient (Wildman–Crippen LogP) is 5.11. The highest BCUT2D eigenvalue weighted by atomic mass is 16.6. The molecule has 0 unspecified atom stereocenters. The van der Waals surface area contributed by atoms with Crippen molar-refractivity contribution in [3.05, 3.63) is 99.7 Å². The normalized spacial score (nSPS) is 10.6. The monoisotopic (exact) mass is 421 g/mol. The number of hydrogen-bond acceptors (Lipinski definition) is 6. The van der Waals surface area contributed by atoms with Gasteiger partial charge in [0, 0.05) is 12.1 Å². The zero-order valence-corrected chi connectivity index (χ0v) is 17.3. The maximum atomic E-state index is 10.7. The van der Waals surface area contributed by atoms with Gasteiger partial charge in [-0.25, -0.2) is 0 Å². The molecule has 0 spiro atoms. The Kier molecular flexibility index (Phi) is 7.48. The van der Waals surface area contributed by atoms with Gasteiger partial charge >= 0.3 is 0 Å². The molecule has 0 aliphatic heterocycles. The lowest BCUT2D eigenvalue weighted by Gasteiger charge is -2.12. The molecule has 0 N–H and O–H groups in total. The average Bonchev–Trinajstić information content (AvgIpc) is 2.80. The van der Waals surface area contributed by atoms with Gasteiger partial charge in [0.05, 0.1) is 19.1 Å². The van der Waals surface area contributed by atoms with E-state index in [1.165, 1.54) is 6.08 Å². The van der Waals surface area contributed by atoms with E-state index in [1.54, 1.807) is 32.4 Å². The molecule has 3 rings (SSSR count). The number of rotatable bonds is 10. The molecule has 0 radical (unpaired) electrons. The molecule has 0 heterocycles. The van der Waals surface area contributed by atoms with Crippen LogP contribution in [0.5, 0.6) is 23.0 Å². The molecule has 0 amide bonds. The zero-order chi connectivity index (χ0) is 22.1. The fourth-order valence-corrected chi connectivity index (χ4v) is 2.78. The molecule has 0 bridgehead atoms. The van der Waals surface area contributed by atoms with Gasteiger partial charge < -0.3 is 18.9 Å². The number of methoxy groups -OCH3 is 2. The molecule has 7 heteroatoms. The maximum absolute atomic E-state index is 10.7. The Labute approximate surface area is 180 Å². The lowest BCUT2D eigenvalue weighted by molar-refractivity contribution is -0.400. The van der Waals surface area contributed by atoms with Gasteiger partial charge in [0.1, 0.15) is 36.2 Å². The molecule has 3 aromatic carbocycles. The van der Waals surface area contributed by atoms with Crippen LogP contribution in [0, 0.1) is 10.1 Å². The summed E-state index contributed by atoms with van der Waals surface area (Å²) in [6.45, 7) is 0.675. The Balaban J connectivity index is 1.73.